The Bertz CT molecular complexity index is 1250. The Morgan fingerprint density at radius 3 is 1.06 bits per heavy atom. The summed E-state index contributed by atoms with van der Waals surface area (Å²) in [7, 11) is 0. The lowest BCUT2D eigenvalue weighted by Gasteiger charge is -2.10. The summed E-state index contributed by atoms with van der Waals surface area (Å²) in [5, 5.41) is 0. The molecule has 0 radical (unpaired) electrons. The highest BCUT2D eigenvalue weighted by atomic mass is 16.5. The van der Waals surface area contributed by atoms with Crippen LogP contribution in [-0.4, -0.2) is 15.0 Å². The molecule has 0 unspecified atom stereocenters. The van der Waals surface area contributed by atoms with Gasteiger partial charge in [0.15, 0.2) is 0 Å². The summed E-state index contributed by atoms with van der Waals surface area (Å²) in [6.45, 7) is 0. The minimum atomic E-state index is -0.0506. The first kappa shape index (κ1) is 21.0. The zero-order valence-corrected chi connectivity index (χ0v) is 17.2. The zero-order valence-electron chi connectivity index (χ0n) is 17.2. The van der Waals surface area contributed by atoms with Crippen LogP contribution in [0.4, 0.5) is 0 Å². The highest BCUT2D eigenvalue weighted by Crippen LogP contribution is 2.27. The molecule has 4 rings (SSSR count). The van der Waals surface area contributed by atoms with Crippen LogP contribution in [0.15, 0.2) is 72.8 Å². The van der Waals surface area contributed by atoms with Crippen molar-refractivity contribution in [1.29, 1.82) is 0 Å². The number of terminal acetylenes is 3. The Hall–Kier alpha value is -5.25. The van der Waals surface area contributed by atoms with Crippen molar-refractivity contribution < 1.29 is 14.2 Å². The Labute approximate surface area is 191 Å². The normalized spacial score (nSPS) is 9.73. The van der Waals surface area contributed by atoms with E-state index in [1.807, 2.05) is 0 Å². The van der Waals surface area contributed by atoms with Gasteiger partial charge in [-0.15, -0.1) is 34.2 Å². The van der Waals surface area contributed by atoms with Gasteiger partial charge in [0.05, 0.1) is 0 Å². The van der Waals surface area contributed by atoms with Crippen molar-refractivity contribution in [2.75, 3.05) is 0 Å². The van der Waals surface area contributed by atoms with Gasteiger partial charge in [-0.2, -0.15) is 0 Å². The lowest BCUT2D eigenvalue weighted by Crippen LogP contribution is -2.01. The van der Waals surface area contributed by atoms with Gasteiger partial charge < -0.3 is 14.2 Å². The number of rotatable bonds is 6. The van der Waals surface area contributed by atoms with Crippen LogP contribution >= 0.6 is 0 Å². The molecule has 0 N–H and O–H groups in total. The molecule has 0 atom stereocenters. The van der Waals surface area contributed by atoms with Crippen LogP contribution in [0.5, 0.6) is 35.3 Å². The molecule has 3 aromatic carbocycles. The van der Waals surface area contributed by atoms with E-state index in [0.717, 1.165) is 0 Å². The summed E-state index contributed by atoms with van der Waals surface area (Å²) in [6.07, 6.45) is 16.4. The summed E-state index contributed by atoms with van der Waals surface area (Å²) in [4.78, 5) is 12.7. The number of benzene rings is 3. The van der Waals surface area contributed by atoms with Crippen LogP contribution in [-0.2, 0) is 0 Å². The van der Waals surface area contributed by atoms with Crippen LogP contribution < -0.4 is 14.2 Å². The average molecular weight is 429 g/mol. The lowest BCUT2D eigenvalue weighted by atomic mass is 10.2. The molecule has 0 saturated heterocycles. The second-order valence-electron chi connectivity index (χ2n) is 6.51. The van der Waals surface area contributed by atoms with Crippen molar-refractivity contribution in [3.05, 3.63) is 89.5 Å². The molecule has 6 heteroatoms. The maximum Gasteiger partial charge on any atom is 0.331 e. The molecule has 0 aliphatic carbocycles. The molecule has 6 nitrogen and oxygen atoms in total. The van der Waals surface area contributed by atoms with Crippen molar-refractivity contribution in [3.63, 3.8) is 0 Å². The highest BCUT2D eigenvalue weighted by molar-refractivity contribution is 5.41. The molecule has 0 bridgehead atoms. The number of hydrogen-bond acceptors (Lipinski definition) is 6. The summed E-state index contributed by atoms with van der Waals surface area (Å²) in [5.74, 6) is 8.97. The van der Waals surface area contributed by atoms with Crippen LogP contribution in [0.1, 0.15) is 16.7 Å². The van der Waals surface area contributed by atoms with Gasteiger partial charge in [0, 0.05) is 16.7 Å². The third kappa shape index (κ3) is 5.47. The predicted molar refractivity (Wildman–Crippen MR) is 123 cm³/mol. The molecule has 156 valence electrons. The van der Waals surface area contributed by atoms with Crippen molar-refractivity contribution in [1.82, 2.24) is 15.0 Å². The first-order valence-corrected chi connectivity index (χ1v) is 9.65. The zero-order chi connectivity index (χ0) is 23.0. The lowest BCUT2D eigenvalue weighted by molar-refractivity contribution is 0.362. The average Bonchev–Trinajstić information content (AvgIpc) is 2.84. The van der Waals surface area contributed by atoms with Crippen molar-refractivity contribution in [2.45, 2.75) is 0 Å². The van der Waals surface area contributed by atoms with Crippen LogP contribution in [0.2, 0.25) is 0 Å². The number of aromatic nitrogens is 3. The van der Waals surface area contributed by atoms with E-state index >= 15 is 0 Å². The molecule has 0 amide bonds. The molecule has 0 fully saturated rings. The molecule has 0 spiro atoms. The van der Waals surface area contributed by atoms with Gasteiger partial charge in [-0.05, 0) is 54.6 Å². The topological polar surface area (TPSA) is 66.4 Å². The van der Waals surface area contributed by atoms with E-state index in [1.165, 1.54) is 0 Å². The number of hydrogen-bond donors (Lipinski definition) is 0. The van der Waals surface area contributed by atoms with E-state index in [0.29, 0.717) is 33.9 Å². The third-order valence-electron chi connectivity index (χ3n) is 4.20. The van der Waals surface area contributed by atoms with E-state index < -0.39 is 0 Å². The highest BCUT2D eigenvalue weighted by Gasteiger charge is 2.13. The van der Waals surface area contributed by atoms with E-state index in [4.69, 9.17) is 33.5 Å². The quantitative estimate of drug-likeness (QED) is 0.393. The van der Waals surface area contributed by atoms with Gasteiger partial charge in [-0.3, -0.25) is 0 Å². The first-order chi connectivity index (χ1) is 16.1. The fourth-order valence-electron chi connectivity index (χ4n) is 2.72. The maximum absolute atomic E-state index is 5.78. The molecule has 0 aliphatic rings. The van der Waals surface area contributed by atoms with E-state index in [-0.39, 0.29) is 18.0 Å². The molecule has 0 aliphatic heterocycles. The molecular formula is C27H15N3O3. The van der Waals surface area contributed by atoms with Gasteiger partial charge >= 0.3 is 18.0 Å². The van der Waals surface area contributed by atoms with Gasteiger partial charge in [-0.1, -0.05) is 36.0 Å². The predicted octanol–water partition coefficient (Wildman–Crippen LogP) is 5.19. The van der Waals surface area contributed by atoms with Gasteiger partial charge in [0.1, 0.15) is 17.2 Å². The van der Waals surface area contributed by atoms with E-state index in [9.17, 15) is 0 Å². The monoisotopic (exact) mass is 429 g/mol. The smallest absolute Gasteiger partial charge is 0.331 e. The summed E-state index contributed by atoms with van der Waals surface area (Å²) in [6, 6.07) is 20.7. The van der Waals surface area contributed by atoms with Crippen molar-refractivity contribution >= 4 is 0 Å². The Balaban J connectivity index is 1.69. The van der Waals surface area contributed by atoms with Crippen molar-refractivity contribution in [3.8, 4) is 72.3 Å². The van der Waals surface area contributed by atoms with E-state index in [2.05, 4.69) is 32.7 Å². The fraction of sp³-hybridized carbons (Fsp3) is 0. The van der Waals surface area contributed by atoms with Crippen LogP contribution in [0.25, 0.3) is 0 Å². The second-order valence-corrected chi connectivity index (χ2v) is 6.51. The summed E-state index contributed by atoms with van der Waals surface area (Å²) >= 11 is 0. The molecule has 1 heterocycles. The van der Waals surface area contributed by atoms with Gasteiger partial charge in [-0.25, -0.2) is 0 Å². The maximum atomic E-state index is 5.78. The molecule has 4 aromatic rings. The largest absolute Gasteiger partial charge is 0.424 e. The summed E-state index contributed by atoms with van der Waals surface area (Å²) < 4.78 is 17.4. The minimum Gasteiger partial charge on any atom is -0.424 e. The van der Waals surface area contributed by atoms with Crippen molar-refractivity contribution in [2.24, 2.45) is 0 Å². The molecule has 1 aromatic heterocycles. The molecule has 0 saturated carbocycles. The Kier molecular flexibility index (Phi) is 6.18. The standard InChI is InChI=1S/C27H15N3O3/c1-4-19-10-7-13-22(16-19)31-25-28-26(32-23-14-8-11-20(5-2)17-23)30-27(29-25)33-24-15-9-12-21(6-3)18-24/h1-3,7-18H. The van der Waals surface area contributed by atoms with Gasteiger partial charge in [0.2, 0.25) is 0 Å². The summed E-state index contributed by atoms with van der Waals surface area (Å²) in [5.41, 5.74) is 1.94. The third-order valence-corrected chi connectivity index (χ3v) is 4.20. The number of nitrogens with zero attached hydrogens (tertiary/aromatic N) is 3. The SMILES string of the molecule is C#Cc1cccc(Oc2nc(Oc3cccc(C#C)c3)nc(Oc3cccc(C#C)c3)n2)c1. The van der Waals surface area contributed by atoms with Gasteiger partial charge in [0.25, 0.3) is 0 Å². The molecule has 33 heavy (non-hydrogen) atoms. The fourth-order valence-corrected chi connectivity index (χ4v) is 2.72. The Morgan fingerprint density at radius 2 is 0.788 bits per heavy atom. The Morgan fingerprint density at radius 1 is 0.485 bits per heavy atom. The van der Waals surface area contributed by atoms with Crippen LogP contribution in [0.3, 0.4) is 0 Å². The second kappa shape index (κ2) is 9.71. The molecular weight excluding hydrogens is 414 g/mol. The minimum absolute atomic E-state index is 0.0506. The number of ether oxygens (including phenoxy) is 3. The van der Waals surface area contributed by atoms with Crippen LogP contribution in [0, 0.1) is 37.0 Å². The first-order valence-electron chi connectivity index (χ1n) is 9.65. The van der Waals surface area contributed by atoms with E-state index in [1.54, 1.807) is 72.8 Å².